The van der Waals surface area contributed by atoms with Crippen molar-refractivity contribution in [2.45, 2.75) is 6.54 Å². The Kier molecular flexibility index (Phi) is 3.18. The van der Waals surface area contributed by atoms with Gasteiger partial charge in [-0.25, -0.2) is 10.8 Å². The molecule has 3 aromatic rings. The number of aromatic nitrogens is 2. The first-order valence-electron chi connectivity index (χ1n) is 6.27. The van der Waals surface area contributed by atoms with Gasteiger partial charge in [0.1, 0.15) is 5.82 Å². The van der Waals surface area contributed by atoms with Gasteiger partial charge in [0, 0.05) is 30.4 Å². The normalized spacial score (nSPS) is 10.7. The van der Waals surface area contributed by atoms with E-state index in [4.69, 9.17) is 5.84 Å². The Labute approximate surface area is 115 Å². The molecule has 20 heavy (non-hydrogen) atoms. The molecule has 0 unspecified atom stereocenters. The summed E-state index contributed by atoms with van der Waals surface area (Å²) in [5.74, 6) is 5.91. The third-order valence-electron chi connectivity index (χ3n) is 3.21. The molecule has 0 fully saturated rings. The van der Waals surface area contributed by atoms with Crippen LogP contribution in [0.4, 0.5) is 5.82 Å². The lowest BCUT2D eigenvalue weighted by atomic mass is 10.2. The van der Waals surface area contributed by atoms with Crippen molar-refractivity contribution < 1.29 is 0 Å². The summed E-state index contributed by atoms with van der Waals surface area (Å²) in [7, 11) is 0. The predicted octanol–water partition coefficient (Wildman–Crippen LogP) is 1.73. The fourth-order valence-electron chi connectivity index (χ4n) is 2.20. The molecule has 2 heterocycles. The van der Waals surface area contributed by atoms with E-state index >= 15 is 0 Å². The minimum absolute atomic E-state index is 0.0395. The van der Waals surface area contributed by atoms with E-state index < -0.39 is 0 Å². The number of nitrogens with one attached hydrogen (secondary N) is 1. The van der Waals surface area contributed by atoms with Gasteiger partial charge in [0.05, 0.1) is 5.52 Å². The van der Waals surface area contributed by atoms with Crippen molar-refractivity contribution >= 4 is 16.7 Å². The van der Waals surface area contributed by atoms with Crippen molar-refractivity contribution in [2.75, 3.05) is 5.43 Å². The SMILES string of the molecule is NNc1ccc(Cn2ccc(=O)c3ccccc32)cn1. The van der Waals surface area contributed by atoms with Gasteiger partial charge in [-0.3, -0.25) is 4.79 Å². The summed E-state index contributed by atoms with van der Waals surface area (Å²) in [6.07, 6.45) is 3.57. The van der Waals surface area contributed by atoms with E-state index in [0.29, 0.717) is 12.4 Å². The second-order valence-corrected chi connectivity index (χ2v) is 4.52. The number of nitrogen functional groups attached to an aromatic ring is 1. The fourth-order valence-corrected chi connectivity index (χ4v) is 2.20. The number of para-hydroxylation sites is 1. The van der Waals surface area contributed by atoms with Gasteiger partial charge in [-0.2, -0.15) is 0 Å². The van der Waals surface area contributed by atoms with Crippen LogP contribution in [0.2, 0.25) is 0 Å². The van der Waals surface area contributed by atoms with Crippen LogP contribution < -0.4 is 16.7 Å². The summed E-state index contributed by atoms with van der Waals surface area (Å²) in [5, 5.41) is 0.725. The summed E-state index contributed by atoms with van der Waals surface area (Å²) in [6, 6.07) is 12.9. The fraction of sp³-hybridized carbons (Fsp3) is 0.0667. The molecule has 0 amide bonds. The number of hydrazine groups is 1. The first kappa shape index (κ1) is 12.4. The molecule has 0 aliphatic carbocycles. The highest BCUT2D eigenvalue weighted by atomic mass is 16.1. The number of pyridine rings is 2. The van der Waals surface area contributed by atoms with Crippen LogP contribution in [0.3, 0.4) is 0 Å². The maximum absolute atomic E-state index is 11.8. The molecule has 0 aliphatic rings. The van der Waals surface area contributed by atoms with Crippen molar-refractivity contribution in [2.24, 2.45) is 5.84 Å². The maximum atomic E-state index is 11.8. The van der Waals surface area contributed by atoms with Gasteiger partial charge >= 0.3 is 0 Å². The number of rotatable bonds is 3. The Morgan fingerprint density at radius 3 is 2.75 bits per heavy atom. The van der Waals surface area contributed by atoms with E-state index in [1.807, 2.05) is 41.0 Å². The lowest BCUT2D eigenvalue weighted by Crippen LogP contribution is -2.10. The first-order chi connectivity index (χ1) is 9.78. The van der Waals surface area contributed by atoms with Gasteiger partial charge < -0.3 is 9.99 Å². The number of nitrogens with two attached hydrogens (primary N) is 1. The minimum Gasteiger partial charge on any atom is -0.343 e. The van der Waals surface area contributed by atoms with Crippen molar-refractivity contribution in [3.63, 3.8) is 0 Å². The number of hydrogen-bond donors (Lipinski definition) is 2. The van der Waals surface area contributed by atoms with Crippen LogP contribution in [0, 0.1) is 0 Å². The number of anilines is 1. The topological polar surface area (TPSA) is 72.9 Å². The van der Waals surface area contributed by atoms with Crippen LogP contribution in [0.15, 0.2) is 59.7 Å². The number of nitrogens with zero attached hydrogens (tertiary/aromatic N) is 2. The molecule has 3 N–H and O–H groups in total. The molecule has 100 valence electrons. The Balaban J connectivity index is 2.02. The Morgan fingerprint density at radius 2 is 2.00 bits per heavy atom. The smallest absolute Gasteiger partial charge is 0.189 e. The Morgan fingerprint density at radius 1 is 1.15 bits per heavy atom. The second kappa shape index (κ2) is 5.14. The van der Waals surface area contributed by atoms with Crippen molar-refractivity contribution in [3.8, 4) is 0 Å². The summed E-state index contributed by atoms with van der Waals surface area (Å²) in [6.45, 7) is 0.651. The largest absolute Gasteiger partial charge is 0.343 e. The lowest BCUT2D eigenvalue weighted by molar-refractivity contribution is 0.821. The molecule has 0 saturated heterocycles. The Hall–Kier alpha value is -2.66. The molecular weight excluding hydrogens is 252 g/mol. The van der Waals surface area contributed by atoms with Gasteiger partial charge in [0.2, 0.25) is 0 Å². The third-order valence-corrected chi connectivity index (χ3v) is 3.21. The molecule has 0 spiro atoms. The van der Waals surface area contributed by atoms with Gasteiger partial charge in [0.25, 0.3) is 0 Å². The van der Waals surface area contributed by atoms with E-state index in [1.165, 1.54) is 0 Å². The van der Waals surface area contributed by atoms with Crippen LogP contribution in [-0.4, -0.2) is 9.55 Å². The molecule has 0 radical (unpaired) electrons. The standard InChI is InChI=1S/C15H14N4O/c16-18-15-6-5-11(9-17-15)10-19-8-7-14(20)12-3-1-2-4-13(12)19/h1-9H,10,16H2,(H,17,18). The van der Waals surface area contributed by atoms with Crippen LogP contribution in [0.1, 0.15) is 5.56 Å². The zero-order valence-corrected chi connectivity index (χ0v) is 10.8. The quantitative estimate of drug-likeness (QED) is 0.559. The van der Waals surface area contributed by atoms with E-state index in [-0.39, 0.29) is 5.43 Å². The van der Waals surface area contributed by atoms with E-state index in [9.17, 15) is 4.79 Å². The van der Waals surface area contributed by atoms with Crippen molar-refractivity contribution in [1.82, 2.24) is 9.55 Å². The van der Waals surface area contributed by atoms with Gasteiger partial charge in [-0.1, -0.05) is 18.2 Å². The first-order valence-corrected chi connectivity index (χ1v) is 6.27. The highest BCUT2D eigenvalue weighted by molar-refractivity contribution is 5.78. The summed E-state index contributed by atoms with van der Waals surface area (Å²) < 4.78 is 2.03. The monoisotopic (exact) mass is 266 g/mol. The Bertz CT molecular complexity index is 793. The van der Waals surface area contributed by atoms with Crippen molar-refractivity contribution in [3.05, 3.63) is 70.6 Å². The van der Waals surface area contributed by atoms with Crippen molar-refractivity contribution in [1.29, 1.82) is 0 Å². The highest BCUT2D eigenvalue weighted by Gasteiger charge is 2.03. The average molecular weight is 266 g/mol. The number of fused-ring (bicyclic) bond motifs is 1. The molecule has 0 bridgehead atoms. The zero-order valence-electron chi connectivity index (χ0n) is 10.8. The van der Waals surface area contributed by atoms with E-state index in [1.54, 1.807) is 18.5 Å². The molecule has 5 nitrogen and oxygen atoms in total. The van der Waals surface area contributed by atoms with Gasteiger partial charge in [-0.15, -0.1) is 0 Å². The van der Waals surface area contributed by atoms with Crippen LogP contribution in [0.25, 0.3) is 10.9 Å². The van der Waals surface area contributed by atoms with Crippen LogP contribution in [0.5, 0.6) is 0 Å². The second-order valence-electron chi connectivity index (χ2n) is 4.52. The minimum atomic E-state index is 0.0395. The molecule has 0 atom stereocenters. The number of benzene rings is 1. The maximum Gasteiger partial charge on any atom is 0.189 e. The van der Waals surface area contributed by atoms with E-state index in [0.717, 1.165) is 16.5 Å². The highest BCUT2D eigenvalue weighted by Crippen LogP contribution is 2.12. The summed E-state index contributed by atoms with van der Waals surface area (Å²) in [5.41, 5.74) is 4.49. The lowest BCUT2D eigenvalue weighted by Gasteiger charge is -2.10. The number of hydrogen-bond acceptors (Lipinski definition) is 4. The average Bonchev–Trinajstić information content (AvgIpc) is 2.51. The van der Waals surface area contributed by atoms with Crippen LogP contribution in [-0.2, 0) is 6.54 Å². The summed E-state index contributed by atoms with van der Waals surface area (Å²) >= 11 is 0. The molecule has 2 aromatic heterocycles. The van der Waals surface area contributed by atoms with Gasteiger partial charge in [0.15, 0.2) is 5.43 Å². The zero-order chi connectivity index (χ0) is 13.9. The van der Waals surface area contributed by atoms with Gasteiger partial charge in [-0.05, 0) is 23.8 Å². The van der Waals surface area contributed by atoms with E-state index in [2.05, 4.69) is 10.4 Å². The molecular formula is C15H14N4O. The molecule has 3 rings (SSSR count). The predicted molar refractivity (Wildman–Crippen MR) is 79.4 cm³/mol. The molecule has 0 aliphatic heterocycles. The molecule has 1 aromatic carbocycles. The third kappa shape index (κ3) is 2.26. The van der Waals surface area contributed by atoms with Crippen LogP contribution >= 0.6 is 0 Å². The summed E-state index contributed by atoms with van der Waals surface area (Å²) in [4.78, 5) is 16.0. The molecule has 5 heteroatoms. The molecule has 0 saturated carbocycles.